The summed E-state index contributed by atoms with van der Waals surface area (Å²) in [7, 11) is 0. The molecule has 100 valence electrons. The standard InChI is InChI=1S/C16H18BrNO/c1-11(2)13-4-6-14(7-5-13)19-16-8-3-12(10-18)9-15(16)17/h3-9,11H,10,18H2,1-2H3. The summed E-state index contributed by atoms with van der Waals surface area (Å²) in [5, 5.41) is 0. The largest absolute Gasteiger partial charge is 0.456 e. The fourth-order valence-electron chi connectivity index (χ4n) is 1.80. The van der Waals surface area contributed by atoms with E-state index in [2.05, 4.69) is 41.9 Å². The Hall–Kier alpha value is -1.32. The van der Waals surface area contributed by atoms with E-state index in [4.69, 9.17) is 10.5 Å². The maximum absolute atomic E-state index is 5.86. The van der Waals surface area contributed by atoms with Crippen LogP contribution in [0.1, 0.15) is 30.9 Å². The van der Waals surface area contributed by atoms with Crippen molar-refractivity contribution in [3.8, 4) is 11.5 Å². The SMILES string of the molecule is CC(C)c1ccc(Oc2ccc(CN)cc2Br)cc1. The van der Waals surface area contributed by atoms with Crippen LogP contribution < -0.4 is 10.5 Å². The van der Waals surface area contributed by atoms with Gasteiger partial charge in [0.05, 0.1) is 4.47 Å². The first-order chi connectivity index (χ1) is 9.10. The summed E-state index contributed by atoms with van der Waals surface area (Å²) in [4.78, 5) is 0. The number of nitrogens with two attached hydrogens (primary N) is 1. The lowest BCUT2D eigenvalue weighted by atomic mass is 10.0. The summed E-state index contributed by atoms with van der Waals surface area (Å²) < 4.78 is 6.78. The van der Waals surface area contributed by atoms with Crippen LogP contribution in [0.5, 0.6) is 11.5 Å². The van der Waals surface area contributed by atoms with Crippen LogP contribution in [-0.4, -0.2) is 0 Å². The minimum Gasteiger partial charge on any atom is -0.456 e. The average molecular weight is 320 g/mol. The third-order valence-corrected chi connectivity index (χ3v) is 3.63. The molecule has 0 radical (unpaired) electrons. The molecule has 0 spiro atoms. The lowest BCUT2D eigenvalue weighted by molar-refractivity contribution is 0.479. The van der Waals surface area contributed by atoms with E-state index in [0.29, 0.717) is 12.5 Å². The molecule has 0 aliphatic rings. The van der Waals surface area contributed by atoms with Crippen molar-refractivity contribution in [1.29, 1.82) is 0 Å². The Morgan fingerprint density at radius 1 is 1.11 bits per heavy atom. The van der Waals surface area contributed by atoms with Gasteiger partial charge in [-0.25, -0.2) is 0 Å². The quantitative estimate of drug-likeness (QED) is 0.876. The van der Waals surface area contributed by atoms with Crippen molar-refractivity contribution in [3.63, 3.8) is 0 Å². The number of benzene rings is 2. The van der Waals surface area contributed by atoms with Crippen LogP contribution in [-0.2, 0) is 6.54 Å². The van der Waals surface area contributed by atoms with Crippen LogP contribution in [0.2, 0.25) is 0 Å². The normalized spacial score (nSPS) is 10.8. The summed E-state index contributed by atoms with van der Waals surface area (Å²) in [5.74, 6) is 2.17. The molecular formula is C16H18BrNO. The third-order valence-electron chi connectivity index (χ3n) is 3.01. The Morgan fingerprint density at radius 3 is 2.32 bits per heavy atom. The lowest BCUT2D eigenvalue weighted by Gasteiger charge is -2.10. The Bertz CT molecular complexity index is 549. The predicted molar refractivity (Wildman–Crippen MR) is 82.6 cm³/mol. The molecule has 0 saturated heterocycles. The lowest BCUT2D eigenvalue weighted by Crippen LogP contribution is -1.96. The third kappa shape index (κ3) is 3.58. The maximum atomic E-state index is 5.86. The topological polar surface area (TPSA) is 35.2 Å². The summed E-state index contributed by atoms with van der Waals surface area (Å²) in [6.45, 7) is 4.89. The second-order valence-electron chi connectivity index (χ2n) is 4.79. The van der Waals surface area contributed by atoms with Crippen LogP contribution in [0.25, 0.3) is 0 Å². The van der Waals surface area contributed by atoms with Gasteiger partial charge in [-0.05, 0) is 57.2 Å². The van der Waals surface area contributed by atoms with E-state index in [0.717, 1.165) is 21.5 Å². The molecular weight excluding hydrogens is 302 g/mol. The minimum absolute atomic E-state index is 0.530. The van der Waals surface area contributed by atoms with Gasteiger partial charge in [-0.2, -0.15) is 0 Å². The van der Waals surface area contributed by atoms with E-state index in [-0.39, 0.29) is 0 Å². The molecule has 0 aromatic heterocycles. The van der Waals surface area contributed by atoms with Crippen molar-refractivity contribution in [3.05, 3.63) is 58.1 Å². The Balaban J connectivity index is 2.16. The van der Waals surface area contributed by atoms with Crippen LogP contribution in [0.3, 0.4) is 0 Å². The molecule has 2 N–H and O–H groups in total. The number of halogens is 1. The highest BCUT2D eigenvalue weighted by Crippen LogP contribution is 2.31. The van der Waals surface area contributed by atoms with Gasteiger partial charge in [-0.3, -0.25) is 0 Å². The van der Waals surface area contributed by atoms with Gasteiger partial charge in [0.15, 0.2) is 0 Å². The summed E-state index contributed by atoms with van der Waals surface area (Å²) in [6, 6.07) is 14.1. The number of hydrogen-bond donors (Lipinski definition) is 1. The van der Waals surface area contributed by atoms with Gasteiger partial charge in [0.1, 0.15) is 11.5 Å². The van der Waals surface area contributed by atoms with Gasteiger partial charge in [0.25, 0.3) is 0 Å². The van der Waals surface area contributed by atoms with E-state index >= 15 is 0 Å². The molecule has 0 bridgehead atoms. The highest BCUT2D eigenvalue weighted by Gasteiger charge is 2.05. The molecule has 2 aromatic carbocycles. The second-order valence-corrected chi connectivity index (χ2v) is 5.65. The van der Waals surface area contributed by atoms with Gasteiger partial charge in [-0.1, -0.05) is 32.0 Å². The monoisotopic (exact) mass is 319 g/mol. The molecule has 0 aliphatic heterocycles. The van der Waals surface area contributed by atoms with Crippen LogP contribution in [0.15, 0.2) is 46.9 Å². The molecule has 0 atom stereocenters. The first kappa shape index (κ1) is 14.1. The van der Waals surface area contributed by atoms with Crippen molar-refractivity contribution >= 4 is 15.9 Å². The summed E-state index contributed by atoms with van der Waals surface area (Å²) in [6.07, 6.45) is 0. The zero-order chi connectivity index (χ0) is 13.8. The highest BCUT2D eigenvalue weighted by atomic mass is 79.9. The Labute approximate surface area is 122 Å². The van der Waals surface area contributed by atoms with Gasteiger partial charge in [0.2, 0.25) is 0 Å². The van der Waals surface area contributed by atoms with Crippen molar-refractivity contribution in [2.75, 3.05) is 0 Å². The number of rotatable bonds is 4. The molecule has 0 heterocycles. The second kappa shape index (κ2) is 6.22. The molecule has 0 aliphatic carbocycles. The minimum atomic E-state index is 0.530. The van der Waals surface area contributed by atoms with E-state index in [1.54, 1.807) is 0 Å². The summed E-state index contributed by atoms with van der Waals surface area (Å²) in [5.41, 5.74) is 7.99. The fourth-order valence-corrected chi connectivity index (χ4v) is 2.31. The van der Waals surface area contributed by atoms with Crippen LogP contribution in [0.4, 0.5) is 0 Å². The smallest absolute Gasteiger partial charge is 0.141 e. The average Bonchev–Trinajstić information content (AvgIpc) is 2.41. The molecule has 0 fully saturated rings. The van der Waals surface area contributed by atoms with Crippen LogP contribution >= 0.6 is 15.9 Å². The number of ether oxygens (including phenoxy) is 1. The fraction of sp³-hybridized carbons (Fsp3) is 0.250. The van der Waals surface area contributed by atoms with E-state index < -0.39 is 0 Å². The Kier molecular flexibility index (Phi) is 4.61. The van der Waals surface area contributed by atoms with E-state index in [1.807, 2.05) is 30.3 Å². The number of hydrogen-bond acceptors (Lipinski definition) is 2. The molecule has 3 heteroatoms. The van der Waals surface area contributed by atoms with Gasteiger partial charge < -0.3 is 10.5 Å². The molecule has 2 rings (SSSR count). The van der Waals surface area contributed by atoms with E-state index in [9.17, 15) is 0 Å². The van der Waals surface area contributed by atoms with Gasteiger partial charge in [-0.15, -0.1) is 0 Å². The van der Waals surface area contributed by atoms with Crippen molar-refractivity contribution in [1.82, 2.24) is 0 Å². The molecule has 19 heavy (non-hydrogen) atoms. The molecule has 0 unspecified atom stereocenters. The maximum Gasteiger partial charge on any atom is 0.141 e. The van der Waals surface area contributed by atoms with Crippen molar-refractivity contribution in [2.45, 2.75) is 26.3 Å². The zero-order valence-corrected chi connectivity index (χ0v) is 12.8. The summed E-state index contributed by atoms with van der Waals surface area (Å²) >= 11 is 3.50. The Morgan fingerprint density at radius 2 is 1.79 bits per heavy atom. The van der Waals surface area contributed by atoms with Gasteiger partial charge >= 0.3 is 0 Å². The van der Waals surface area contributed by atoms with E-state index in [1.165, 1.54) is 5.56 Å². The molecule has 0 amide bonds. The first-order valence-electron chi connectivity index (χ1n) is 6.36. The zero-order valence-electron chi connectivity index (χ0n) is 11.2. The first-order valence-corrected chi connectivity index (χ1v) is 7.15. The highest BCUT2D eigenvalue weighted by molar-refractivity contribution is 9.10. The molecule has 2 aromatic rings. The van der Waals surface area contributed by atoms with Crippen molar-refractivity contribution in [2.24, 2.45) is 5.73 Å². The van der Waals surface area contributed by atoms with Crippen LogP contribution in [0, 0.1) is 0 Å². The van der Waals surface area contributed by atoms with Crippen molar-refractivity contribution < 1.29 is 4.74 Å². The van der Waals surface area contributed by atoms with Gasteiger partial charge in [0, 0.05) is 6.54 Å². The molecule has 2 nitrogen and oxygen atoms in total. The molecule has 0 saturated carbocycles. The predicted octanol–water partition coefficient (Wildman–Crippen LogP) is 4.82.